The summed E-state index contributed by atoms with van der Waals surface area (Å²) in [5.41, 5.74) is 2.14. The highest BCUT2D eigenvalue weighted by Gasteiger charge is 2.24. The summed E-state index contributed by atoms with van der Waals surface area (Å²) in [6.45, 7) is 3.58. The fourth-order valence-corrected chi connectivity index (χ4v) is 5.81. The minimum Gasteiger partial charge on any atom is -0.496 e. The number of hydrogen-bond acceptors (Lipinski definition) is 5. The molecule has 2 heterocycles. The molecule has 0 fully saturated rings. The number of anilines is 2. The number of methoxy groups -OCH3 is 1. The van der Waals surface area contributed by atoms with Gasteiger partial charge < -0.3 is 15.0 Å². The van der Waals surface area contributed by atoms with Crippen LogP contribution in [-0.4, -0.2) is 24.8 Å². The lowest BCUT2D eigenvalue weighted by atomic mass is 10.2. The van der Waals surface area contributed by atoms with Gasteiger partial charge in [-0.05, 0) is 42.5 Å². The Balaban J connectivity index is 1.50. The number of thioether (sulfide) groups is 1. The van der Waals surface area contributed by atoms with Crippen molar-refractivity contribution in [1.29, 1.82) is 0 Å². The summed E-state index contributed by atoms with van der Waals surface area (Å²) < 4.78 is 6.34. The highest BCUT2D eigenvalue weighted by atomic mass is 79.9. The molecule has 0 aliphatic carbocycles. The molecule has 29 heavy (non-hydrogen) atoms. The number of ether oxygens (including phenoxy) is 1. The summed E-state index contributed by atoms with van der Waals surface area (Å²) in [7, 11) is 1.63. The van der Waals surface area contributed by atoms with E-state index in [1.165, 1.54) is 21.9 Å². The fourth-order valence-electron chi connectivity index (χ4n) is 3.34. The Morgan fingerprint density at radius 1 is 1.24 bits per heavy atom. The molecule has 4 rings (SSSR count). The van der Waals surface area contributed by atoms with E-state index in [0.717, 1.165) is 27.3 Å². The Bertz CT molecular complexity index is 1040. The van der Waals surface area contributed by atoms with Crippen LogP contribution in [0.2, 0.25) is 0 Å². The third kappa shape index (κ3) is 4.47. The SMILES string of the molecule is COc1ccc(Br)cc1CNC(=O)c1ccc(N2C[C@@H](C)Sc3ccccc32)s1. The Morgan fingerprint density at radius 2 is 2.07 bits per heavy atom. The molecule has 4 nitrogen and oxygen atoms in total. The number of hydrogen-bond donors (Lipinski definition) is 1. The summed E-state index contributed by atoms with van der Waals surface area (Å²) in [6.07, 6.45) is 0. The maximum atomic E-state index is 12.7. The monoisotopic (exact) mass is 488 g/mol. The molecule has 7 heteroatoms. The van der Waals surface area contributed by atoms with Crippen molar-refractivity contribution >= 4 is 55.6 Å². The van der Waals surface area contributed by atoms with Gasteiger partial charge in [-0.15, -0.1) is 23.1 Å². The van der Waals surface area contributed by atoms with Crippen molar-refractivity contribution in [2.45, 2.75) is 23.6 Å². The zero-order valence-electron chi connectivity index (χ0n) is 16.1. The lowest BCUT2D eigenvalue weighted by molar-refractivity contribution is 0.0954. The molecule has 1 aliphatic heterocycles. The molecule has 3 aromatic rings. The number of nitrogens with one attached hydrogen (secondary N) is 1. The molecule has 1 atom stereocenters. The predicted octanol–water partition coefficient (Wildman–Crippen LogP) is 6.08. The number of amides is 1. The van der Waals surface area contributed by atoms with Gasteiger partial charge in [0.2, 0.25) is 0 Å². The Labute approximate surface area is 187 Å². The molecule has 1 amide bonds. The van der Waals surface area contributed by atoms with Gasteiger partial charge in [0.1, 0.15) is 5.75 Å². The van der Waals surface area contributed by atoms with Crippen molar-refractivity contribution in [3.63, 3.8) is 0 Å². The third-order valence-electron chi connectivity index (χ3n) is 4.69. The van der Waals surface area contributed by atoms with Crippen LogP contribution in [0.1, 0.15) is 22.2 Å². The summed E-state index contributed by atoms with van der Waals surface area (Å²) in [5.74, 6) is 0.688. The first-order chi connectivity index (χ1) is 14.0. The van der Waals surface area contributed by atoms with E-state index in [4.69, 9.17) is 4.74 Å². The van der Waals surface area contributed by atoms with Gasteiger partial charge in [-0.3, -0.25) is 4.79 Å². The standard InChI is InChI=1S/C22H21BrN2O2S2/c1-14-13-25(17-5-3-4-6-19(17)28-14)21-10-9-20(29-21)22(26)24-12-15-11-16(23)7-8-18(15)27-2/h3-11,14H,12-13H2,1-2H3,(H,24,26)/t14-/m1/s1. The fraction of sp³-hybridized carbons (Fsp3) is 0.227. The number of benzene rings is 2. The lowest BCUT2D eigenvalue weighted by Crippen LogP contribution is -2.28. The molecule has 0 spiro atoms. The van der Waals surface area contributed by atoms with Crippen molar-refractivity contribution in [3.8, 4) is 5.75 Å². The lowest BCUT2D eigenvalue weighted by Gasteiger charge is -2.33. The maximum Gasteiger partial charge on any atom is 0.261 e. The summed E-state index contributed by atoms with van der Waals surface area (Å²) >= 11 is 6.90. The highest BCUT2D eigenvalue weighted by molar-refractivity contribution is 9.10. The van der Waals surface area contributed by atoms with Gasteiger partial charge >= 0.3 is 0 Å². The topological polar surface area (TPSA) is 41.6 Å². The van der Waals surface area contributed by atoms with E-state index in [9.17, 15) is 4.79 Å². The smallest absolute Gasteiger partial charge is 0.261 e. The molecule has 0 unspecified atom stereocenters. The predicted molar refractivity (Wildman–Crippen MR) is 125 cm³/mol. The summed E-state index contributed by atoms with van der Waals surface area (Å²) in [5, 5.41) is 4.60. The van der Waals surface area contributed by atoms with Crippen molar-refractivity contribution in [2.24, 2.45) is 0 Å². The van der Waals surface area contributed by atoms with Crippen molar-refractivity contribution in [2.75, 3.05) is 18.6 Å². The van der Waals surface area contributed by atoms with Crippen molar-refractivity contribution in [3.05, 3.63) is 69.5 Å². The van der Waals surface area contributed by atoms with E-state index < -0.39 is 0 Å². The van der Waals surface area contributed by atoms with E-state index in [1.54, 1.807) is 7.11 Å². The van der Waals surface area contributed by atoms with Crippen LogP contribution in [0.4, 0.5) is 10.7 Å². The quantitative estimate of drug-likeness (QED) is 0.472. The summed E-state index contributed by atoms with van der Waals surface area (Å²) in [4.78, 5) is 17.0. The Hall–Kier alpha value is -1.96. The van der Waals surface area contributed by atoms with Gasteiger partial charge in [0.25, 0.3) is 5.91 Å². The molecule has 1 aliphatic rings. The van der Waals surface area contributed by atoms with Crippen LogP contribution in [0.15, 0.2) is 64.0 Å². The molecule has 1 aromatic heterocycles. The number of halogens is 1. The largest absolute Gasteiger partial charge is 0.496 e. The van der Waals surface area contributed by atoms with Crippen molar-refractivity contribution < 1.29 is 9.53 Å². The molecule has 2 aromatic carbocycles. The number of rotatable bonds is 5. The normalized spacial score (nSPS) is 15.7. The first-order valence-electron chi connectivity index (χ1n) is 9.29. The van der Waals surface area contributed by atoms with Crippen LogP contribution in [0.5, 0.6) is 5.75 Å². The average molecular weight is 489 g/mol. The second-order valence-corrected chi connectivity index (χ2v) is 10.2. The molecule has 0 radical (unpaired) electrons. The van der Waals surface area contributed by atoms with E-state index in [2.05, 4.69) is 57.3 Å². The van der Waals surface area contributed by atoms with Crippen LogP contribution < -0.4 is 15.0 Å². The minimum atomic E-state index is -0.0732. The number of nitrogens with zero attached hydrogens (tertiary/aromatic N) is 1. The zero-order chi connectivity index (χ0) is 20.4. The van der Waals surface area contributed by atoms with Crippen LogP contribution in [0.25, 0.3) is 0 Å². The summed E-state index contributed by atoms with van der Waals surface area (Å²) in [6, 6.07) is 18.2. The van der Waals surface area contributed by atoms with Crippen LogP contribution in [0.3, 0.4) is 0 Å². The number of thiophene rings is 1. The molecule has 0 saturated carbocycles. The van der Waals surface area contributed by atoms with E-state index in [0.29, 0.717) is 16.7 Å². The number of para-hydroxylation sites is 1. The molecular weight excluding hydrogens is 468 g/mol. The Kier molecular flexibility index (Phi) is 6.18. The van der Waals surface area contributed by atoms with Gasteiger partial charge in [-0.2, -0.15) is 0 Å². The maximum absolute atomic E-state index is 12.7. The zero-order valence-corrected chi connectivity index (χ0v) is 19.4. The highest BCUT2D eigenvalue weighted by Crippen LogP contribution is 2.43. The van der Waals surface area contributed by atoms with Gasteiger partial charge in [0, 0.05) is 33.3 Å². The number of fused-ring (bicyclic) bond motifs is 1. The molecular formula is C22H21BrN2O2S2. The second kappa shape index (κ2) is 8.81. The van der Waals surface area contributed by atoms with Crippen molar-refractivity contribution in [1.82, 2.24) is 5.32 Å². The second-order valence-electron chi connectivity index (χ2n) is 6.78. The van der Waals surface area contributed by atoms with E-state index >= 15 is 0 Å². The molecule has 1 N–H and O–H groups in total. The first-order valence-corrected chi connectivity index (χ1v) is 11.8. The van der Waals surface area contributed by atoms with Crippen LogP contribution >= 0.6 is 39.0 Å². The third-order valence-corrected chi connectivity index (χ3v) is 7.44. The average Bonchev–Trinajstić information content (AvgIpc) is 3.21. The first kappa shape index (κ1) is 20.3. The van der Waals surface area contributed by atoms with Gasteiger partial charge in [-0.25, -0.2) is 0 Å². The Morgan fingerprint density at radius 3 is 2.90 bits per heavy atom. The number of carbonyl (C=O) groups excluding carboxylic acids is 1. The number of carbonyl (C=O) groups is 1. The van der Waals surface area contributed by atoms with Crippen LogP contribution in [0, 0.1) is 0 Å². The van der Waals surface area contributed by atoms with Crippen LogP contribution in [-0.2, 0) is 6.54 Å². The van der Waals surface area contributed by atoms with Gasteiger partial charge in [0.15, 0.2) is 0 Å². The van der Waals surface area contributed by atoms with Gasteiger partial charge in [0.05, 0.1) is 22.7 Å². The van der Waals surface area contributed by atoms with E-state index in [-0.39, 0.29) is 5.91 Å². The molecule has 150 valence electrons. The van der Waals surface area contributed by atoms with E-state index in [1.807, 2.05) is 42.1 Å². The molecule has 0 bridgehead atoms. The molecule has 0 saturated heterocycles. The minimum absolute atomic E-state index is 0.0732. The van der Waals surface area contributed by atoms with Gasteiger partial charge in [-0.1, -0.05) is 35.0 Å².